The van der Waals surface area contributed by atoms with Crippen LogP contribution in [0.2, 0.25) is 0 Å². The third-order valence-electron chi connectivity index (χ3n) is 7.74. The second-order valence-corrected chi connectivity index (χ2v) is 12.5. The first-order valence-corrected chi connectivity index (χ1v) is 15.9. The van der Waals surface area contributed by atoms with Gasteiger partial charge in [-0.3, -0.25) is 19.7 Å². The molecule has 1 aliphatic carbocycles. The van der Waals surface area contributed by atoms with Gasteiger partial charge in [0.05, 0.1) is 56.9 Å². The summed E-state index contributed by atoms with van der Waals surface area (Å²) in [6.45, 7) is 0.212. The van der Waals surface area contributed by atoms with E-state index >= 15 is 0 Å². The zero-order chi connectivity index (χ0) is 34.2. The predicted octanol–water partition coefficient (Wildman–Crippen LogP) is 3.67. The number of H-pyrrole nitrogens is 1. The highest BCUT2D eigenvalue weighted by molar-refractivity contribution is 7.91. The van der Waals surface area contributed by atoms with Crippen LogP contribution in [0, 0.1) is 27.4 Å². The molecule has 0 aliphatic heterocycles. The van der Waals surface area contributed by atoms with Crippen LogP contribution in [0.4, 0.5) is 0 Å². The van der Waals surface area contributed by atoms with Crippen LogP contribution in [0.5, 0.6) is 0 Å². The molecule has 14 nitrogen and oxygen atoms in total. The van der Waals surface area contributed by atoms with Crippen molar-refractivity contribution in [2.45, 2.75) is 23.3 Å². The smallest absolute Gasteiger partial charge is 0.316 e. The SMILES string of the molecule is COCCOCOC1=C(c2ccccc2)CC(C(CC(=O)OC)C(=O)OC)([N+](=O)[O-])C=C1c1cc2cc(S(=O)(=O)CC#N)ccc2[nH]1. The Balaban J connectivity index is 2.01. The van der Waals surface area contributed by atoms with Gasteiger partial charge in [-0.25, -0.2) is 8.42 Å². The summed E-state index contributed by atoms with van der Waals surface area (Å²) < 4.78 is 51.7. The van der Waals surface area contributed by atoms with E-state index in [1.165, 1.54) is 31.4 Å². The van der Waals surface area contributed by atoms with Crippen LogP contribution in [0.15, 0.2) is 71.3 Å². The number of benzene rings is 2. The third kappa shape index (κ3) is 7.51. The molecule has 0 fully saturated rings. The van der Waals surface area contributed by atoms with Crippen molar-refractivity contribution < 1.29 is 46.6 Å². The number of hydrogen-bond acceptors (Lipinski definition) is 12. The van der Waals surface area contributed by atoms with Gasteiger partial charge in [-0.1, -0.05) is 30.3 Å². The zero-order valence-electron chi connectivity index (χ0n) is 25.9. The zero-order valence-corrected chi connectivity index (χ0v) is 26.7. The summed E-state index contributed by atoms with van der Waals surface area (Å²) in [5, 5.41) is 22.6. The minimum absolute atomic E-state index is 0.0817. The molecule has 0 spiro atoms. The first-order chi connectivity index (χ1) is 22.5. The van der Waals surface area contributed by atoms with Gasteiger partial charge in [-0.05, 0) is 29.8 Å². The van der Waals surface area contributed by atoms with Crippen molar-refractivity contribution in [3.8, 4) is 6.07 Å². The number of nitrogens with zero attached hydrogens (tertiary/aromatic N) is 2. The Hall–Kier alpha value is -5.04. The summed E-state index contributed by atoms with van der Waals surface area (Å²) in [5.41, 5.74) is -0.445. The maximum atomic E-state index is 13.2. The van der Waals surface area contributed by atoms with E-state index in [1.54, 1.807) is 42.5 Å². The number of nitro groups is 1. The first kappa shape index (κ1) is 34.8. The topological polar surface area (TPSA) is 197 Å². The number of ether oxygens (including phenoxy) is 5. The number of aromatic nitrogens is 1. The lowest BCUT2D eigenvalue weighted by Crippen LogP contribution is -2.50. The molecule has 0 radical (unpaired) electrons. The first-order valence-electron chi connectivity index (χ1n) is 14.2. The molecule has 2 atom stereocenters. The lowest BCUT2D eigenvalue weighted by molar-refractivity contribution is -0.561. The van der Waals surface area contributed by atoms with Gasteiger partial charge < -0.3 is 28.7 Å². The van der Waals surface area contributed by atoms with Gasteiger partial charge in [0.15, 0.2) is 16.6 Å². The van der Waals surface area contributed by atoms with Gasteiger partial charge in [-0.2, -0.15) is 5.26 Å². The minimum atomic E-state index is -3.90. The highest BCUT2D eigenvalue weighted by atomic mass is 32.2. The Morgan fingerprint density at radius 2 is 1.83 bits per heavy atom. The summed E-state index contributed by atoms with van der Waals surface area (Å²) in [6.07, 6.45) is 0.222. The Morgan fingerprint density at radius 1 is 1.09 bits per heavy atom. The van der Waals surface area contributed by atoms with E-state index in [0.29, 0.717) is 22.0 Å². The van der Waals surface area contributed by atoms with Crippen LogP contribution < -0.4 is 0 Å². The summed E-state index contributed by atoms with van der Waals surface area (Å²) in [4.78, 5) is 41.4. The van der Waals surface area contributed by atoms with Gasteiger partial charge in [0.25, 0.3) is 5.54 Å². The number of nitrogens with one attached hydrogen (secondary N) is 1. The predicted molar refractivity (Wildman–Crippen MR) is 168 cm³/mol. The molecule has 0 saturated carbocycles. The van der Waals surface area contributed by atoms with E-state index in [2.05, 4.69) is 4.98 Å². The molecule has 47 heavy (non-hydrogen) atoms. The lowest BCUT2D eigenvalue weighted by atomic mass is 9.71. The normalized spacial score (nSPS) is 17.0. The van der Waals surface area contributed by atoms with Gasteiger partial charge in [0, 0.05) is 40.2 Å². The number of carbonyl (C=O) groups excluding carboxylic acids is 2. The molecule has 0 bridgehead atoms. The van der Waals surface area contributed by atoms with Crippen molar-refractivity contribution in [3.63, 3.8) is 0 Å². The molecular weight excluding hydrogens is 634 g/mol. The Bertz CT molecular complexity index is 1860. The molecule has 1 N–H and O–H groups in total. The fraction of sp³-hybridized carbons (Fsp3) is 0.344. The molecule has 15 heteroatoms. The lowest BCUT2D eigenvalue weighted by Gasteiger charge is -2.34. The van der Waals surface area contributed by atoms with Gasteiger partial charge >= 0.3 is 11.9 Å². The van der Waals surface area contributed by atoms with Crippen LogP contribution >= 0.6 is 0 Å². The van der Waals surface area contributed by atoms with E-state index in [4.69, 9.17) is 28.9 Å². The average Bonchev–Trinajstić information content (AvgIpc) is 3.50. The number of sulfone groups is 1. The number of aromatic amines is 1. The van der Waals surface area contributed by atoms with Crippen molar-refractivity contribution in [2.75, 3.05) is 47.1 Å². The van der Waals surface area contributed by atoms with E-state index in [1.807, 2.05) is 0 Å². The molecule has 248 valence electrons. The summed E-state index contributed by atoms with van der Waals surface area (Å²) in [5.74, 6) is -3.99. The Morgan fingerprint density at radius 3 is 2.47 bits per heavy atom. The largest absolute Gasteiger partial charge is 0.469 e. The molecule has 3 aromatic rings. The maximum absolute atomic E-state index is 13.2. The van der Waals surface area contributed by atoms with Crippen LogP contribution in [0.1, 0.15) is 24.1 Å². The molecule has 4 rings (SSSR count). The highest BCUT2D eigenvalue weighted by Crippen LogP contribution is 2.47. The number of nitriles is 1. The average molecular weight is 668 g/mol. The fourth-order valence-corrected chi connectivity index (χ4v) is 6.29. The third-order valence-corrected chi connectivity index (χ3v) is 9.22. The van der Waals surface area contributed by atoms with E-state index < -0.39 is 50.3 Å². The number of fused-ring (bicyclic) bond motifs is 1. The summed E-state index contributed by atoms with van der Waals surface area (Å²) >= 11 is 0. The molecule has 1 aliphatic rings. The van der Waals surface area contributed by atoms with Crippen molar-refractivity contribution in [3.05, 3.63) is 87.8 Å². The quantitative estimate of drug-likeness (QED) is 0.0813. The standard InChI is InChI=1S/C32H33N3O11S/c1-42-12-13-45-20-46-30-24(21-7-5-4-6-8-21)18-32(35(38)39,26(31(37)44-3)17-29(36)43-2)19-25(30)28-16-22-15-23(9-10-27(22)34-28)47(40,41)14-11-33/h4-10,15-16,19,26,34H,12-14,17-18,20H2,1-3H3. The van der Waals surface area contributed by atoms with Crippen LogP contribution in [-0.2, 0) is 43.1 Å². The van der Waals surface area contributed by atoms with Gasteiger partial charge in [0.2, 0.25) is 0 Å². The number of hydrogen-bond donors (Lipinski definition) is 1. The number of esters is 2. The minimum Gasteiger partial charge on any atom is -0.469 e. The second kappa shape index (κ2) is 15.0. The van der Waals surface area contributed by atoms with E-state index in [9.17, 15) is 28.1 Å². The van der Waals surface area contributed by atoms with E-state index in [-0.39, 0.29) is 48.3 Å². The van der Waals surface area contributed by atoms with Gasteiger partial charge in [0.1, 0.15) is 17.4 Å². The van der Waals surface area contributed by atoms with Crippen molar-refractivity contribution in [2.24, 2.45) is 5.92 Å². The molecule has 2 unspecified atom stereocenters. The number of allylic oxidation sites excluding steroid dienone is 1. The highest BCUT2D eigenvalue weighted by Gasteiger charge is 2.57. The molecule has 0 saturated heterocycles. The number of methoxy groups -OCH3 is 3. The molecule has 2 aromatic carbocycles. The molecule has 0 amide bonds. The van der Waals surface area contributed by atoms with Crippen molar-refractivity contribution in [1.29, 1.82) is 5.26 Å². The van der Waals surface area contributed by atoms with E-state index in [0.717, 1.165) is 14.2 Å². The summed E-state index contributed by atoms with van der Waals surface area (Å²) in [7, 11) is -0.201. The molecule has 1 aromatic heterocycles. The van der Waals surface area contributed by atoms with Crippen LogP contribution in [-0.4, -0.2) is 82.9 Å². The number of carbonyl (C=O) groups is 2. The molecular formula is C32H33N3O11S. The molecule has 1 heterocycles. The van der Waals surface area contributed by atoms with Crippen molar-refractivity contribution in [1.82, 2.24) is 4.98 Å². The summed E-state index contributed by atoms with van der Waals surface area (Å²) in [6, 6.07) is 16.2. The maximum Gasteiger partial charge on any atom is 0.316 e. The fourth-order valence-electron chi connectivity index (χ4n) is 5.37. The second-order valence-electron chi connectivity index (χ2n) is 10.5. The van der Waals surface area contributed by atoms with Crippen LogP contribution in [0.3, 0.4) is 0 Å². The number of rotatable bonds is 15. The Labute approximate surface area is 270 Å². The van der Waals surface area contributed by atoms with Gasteiger partial charge in [-0.15, -0.1) is 0 Å². The van der Waals surface area contributed by atoms with Crippen LogP contribution in [0.25, 0.3) is 22.0 Å². The Kier molecular flexibility index (Phi) is 11.1. The van der Waals surface area contributed by atoms with Crippen molar-refractivity contribution >= 4 is 43.8 Å². The monoisotopic (exact) mass is 667 g/mol.